The number of H-pyrrole nitrogens is 1. The molecule has 1 saturated heterocycles. The van der Waals surface area contributed by atoms with E-state index in [-0.39, 0.29) is 11.9 Å². The number of rotatable bonds is 6. The molecule has 1 fully saturated rings. The number of sulfonamides is 1. The van der Waals surface area contributed by atoms with Crippen molar-refractivity contribution in [1.29, 1.82) is 0 Å². The van der Waals surface area contributed by atoms with E-state index in [4.69, 9.17) is 0 Å². The van der Waals surface area contributed by atoms with Crippen molar-refractivity contribution in [3.05, 3.63) is 47.8 Å². The molecule has 2 heterocycles. The Labute approximate surface area is 153 Å². The number of amides is 1. The van der Waals surface area contributed by atoms with Crippen molar-refractivity contribution >= 4 is 15.9 Å². The smallest absolute Gasteiger partial charge is 0.271 e. The summed E-state index contributed by atoms with van der Waals surface area (Å²) in [6, 6.07) is 10.2. The number of carbonyl (C=O) groups excluding carboxylic acids is 1. The van der Waals surface area contributed by atoms with E-state index in [1.54, 1.807) is 36.4 Å². The minimum absolute atomic E-state index is 0.0453. The number of hydrogen-bond donors (Lipinski definition) is 2. The first-order chi connectivity index (χ1) is 12.5. The van der Waals surface area contributed by atoms with Gasteiger partial charge in [-0.3, -0.25) is 9.89 Å². The molecule has 1 aliphatic heterocycles. The van der Waals surface area contributed by atoms with Crippen molar-refractivity contribution in [2.45, 2.75) is 43.5 Å². The molecule has 2 N–H and O–H groups in total. The van der Waals surface area contributed by atoms with Crippen LogP contribution in [0.5, 0.6) is 0 Å². The predicted octanol–water partition coefficient (Wildman–Crippen LogP) is 1.95. The van der Waals surface area contributed by atoms with E-state index in [9.17, 15) is 13.2 Å². The van der Waals surface area contributed by atoms with Crippen molar-refractivity contribution in [2.75, 3.05) is 13.1 Å². The third-order valence-corrected chi connectivity index (χ3v) is 6.47. The highest BCUT2D eigenvalue weighted by atomic mass is 32.2. The fraction of sp³-hybridized carbons (Fsp3) is 0.444. The second kappa shape index (κ2) is 8.01. The first kappa shape index (κ1) is 18.6. The lowest BCUT2D eigenvalue weighted by Gasteiger charge is -2.31. The summed E-state index contributed by atoms with van der Waals surface area (Å²) in [6.07, 6.45) is 3.02. The maximum atomic E-state index is 12.6. The number of hydrogen-bond acceptors (Lipinski definition) is 4. The second-order valence-corrected chi connectivity index (χ2v) is 8.43. The van der Waals surface area contributed by atoms with Gasteiger partial charge in [-0.1, -0.05) is 31.5 Å². The summed E-state index contributed by atoms with van der Waals surface area (Å²) in [7, 11) is -3.47. The van der Waals surface area contributed by atoms with Crippen LogP contribution < -0.4 is 5.32 Å². The molecule has 0 unspecified atom stereocenters. The van der Waals surface area contributed by atoms with Crippen molar-refractivity contribution in [3.8, 4) is 0 Å². The molecule has 1 aliphatic rings. The third kappa shape index (κ3) is 4.13. The van der Waals surface area contributed by atoms with Gasteiger partial charge >= 0.3 is 0 Å². The maximum Gasteiger partial charge on any atom is 0.271 e. The Morgan fingerprint density at radius 1 is 1.27 bits per heavy atom. The molecular formula is C18H24N4O3S. The summed E-state index contributed by atoms with van der Waals surface area (Å²) in [4.78, 5) is 12.6. The SMILES string of the molecule is CCCc1cc(C(=O)NC2CCN(S(=O)(=O)c3ccccc3)CC2)n[nH]1. The van der Waals surface area contributed by atoms with Crippen molar-refractivity contribution in [1.82, 2.24) is 19.8 Å². The first-order valence-corrected chi connectivity index (χ1v) is 10.3. The lowest BCUT2D eigenvalue weighted by molar-refractivity contribution is 0.0918. The van der Waals surface area contributed by atoms with Crippen LogP contribution in [0.25, 0.3) is 0 Å². The Morgan fingerprint density at radius 3 is 2.62 bits per heavy atom. The zero-order valence-electron chi connectivity index (χ0n) is 14.8. The maximum absolute atomic E-state index is 12.6. The molecule has 2 aromatic rings. The molecule has 0 radical (unpaired) electrons. The second-order valence-electron chi connectivity index (χ2n) is 6.49. The van der Waals surface area contributed by atoms with E-state index in [2.05, 4.69) is 22.4 Å². The van der Waals surface area contributed by atoms with Gasteiger partial charge < -0.3 is 5.32 Å². The number of aromatic amines is 1. The summed E-state index contributed by atoms with van der Waals surface area (Å²) in [5.74, 6) is -0.215. The quantitative estimate of drug-likeness (QED) is 0.805. The summed E-state index contributed by atoms with van der Waals surface area (Å²) >= 11 is 0. The zero-order chi connectivity index (χ0) is 18.6. The van der Waals surface area contributed by atoms with Crippen LogP contribution >= 0.6 is 0 Å². The zero-order valence-corrected chi connectivity index (χ0v) is 15.6. The Hall–Kier alpha value is -2.19. The molecule has 0 atom stereocenters. The van der Waals surface area contributed by atoms with Gasteiger partial charge in [0.15, 0.2) is 0 Å². The van der Waals surface area contributed by atoms with E-state index in [0.29, 0.717) is 36.5 Å². The highest BCUT2D eigenvalue weighted by Crippen LogP contribution is 2.20. The number of benzene rings is 1. The van der Waals surface area contributed by atoms with Crippen molar-refractivity contribution in [2.24, 2.45) is 0 Å². The Bertz CT molecular complexity index is 840. The molecule has 1 amide bonds. The summed E-state index contributed by atoms with van der Waals surface area (Å²) in [5, 5.41) is 9.88. The van der Waals surface area contributed by atoms with Gasteiger partial charge in [0, 0.05) is 24.8 Å². The fourth-order valence-corrected chi connectivity index (χ4v) is 4.61. The minimum atomic E-state index is -3.47. The van der Waals surface area contributed by atoms with Gasteiger partial charge in [-0.05, 0) is 37.5 Å². The Kier molecular flexibility index (Phi) is 5.73. The predicted molar refractivity (Wildman–Crippen MR) is 98.3 cm³/mol. The molecular weight excluding hydrogens is 352 g/mol. The highest BCUT2D eigenvalue weighted by molar-refractivity contribution is 7.89. The first-order valence-electron chi connectivity index (χ1n) is 8.91. The van der Waals surface area contributed by atoms with Crippen LogP contribution in [0.1, 0.15) is 42.4 Å². The molecule has 26 heavy (non-hydrogen) atoms. The van der Waals surface area contributed by atoms with Gasteiger partial charge in [0.1, 0.15) is 5.69 Å². The van der Waals surface area contributed by atoms with Gasteiger partial charge in [-0.2, -0.15) is 9.40 Å². The highest BCUT2D eigenvalue weighted by Gasteiger charge is 2.30. The van der Waals surface area contributed by atoms with Crippen LogP contribution in [0.15, 0.2) is 41.3 Å². The average molecular weight is 376 g/mol. The molecule has 0 bridgehead atoms. The standard InChI is InChI=1S/C18H24N4O3S/c1-2-6-15-13-17(21-20-15)18(23)19-14-9-11-22(12-10-14)26(24,25)16-7-4-3-5-8-16/h3-5,7-8,13-14H,2,6,9-12H2,1H3,(H,19,23)(H,20,21). The number of aromatic nitrogens is 2. The summed E-state index contributed by atoms with van der Waals surface area (Å²) < 4.78 is 26.7. The molecule has 0 spiro atoms. The number of nitrogens with one attached hydrogen (secondary N) is 2. The van der Waals surface area contributed by atoms with Crippen molar-refractivity contribution in [3.63, 3.8) is 0 Å². The monoisotopic (exact) mass is 376 g/mol. The van der Waals surface area contributed by atoms with Gasteiger partial charge in [-0.25, -0.2) is 8.42 Å². The molecule has 1 aromatic carbocycles. The van der Waals surface area contributed by atoms with Gasteiger partial charge in [0.25, 0.3) is 5.91 Å². The van der Waals surface area contributed by atoms with Crippen LogP contribution in [-0.2, 0) is 16.4 Å². The van der Waals surface area contributed by atoms with Crippen LogP contribution in [0.4, 0.5) is 0 Å². The van der Waals surface area contributed by atoms with E-state index < -0.39 is 10.0 Å². The number of nitrogens with zero attached hydrogens (tertiary/aromatic N) is 2. The molecule has 140 valence electrons. The van der Waals surface area contributed by atoms with E-state index in [1.165, 1.54) is 4.31 Å². The summed E-state index contributed by atoms with van der Waals surface area (Å²) in [6.45, 7) is 2.85. The molecule has 1 aromatic heterocycles. The van der Waals surface area contributed by atoms with Gasteiger partial charge in [-0.15, -0.1) is 0 Å². The third-order valence-electron chi connectivity index (χ3n) is 4.55. The molecule has 8 heteroatoms. The number of piperidine rings is 1. The number of aryl methyl sites for hydroxylation is 1. The van der Waals surface area contributed by atoms with Crippen LogP contribution in [0.3, 0.4) is 0 Å². The van der Waals surface area contributed by atoms with Crippen LogP contribution in [0.2, 0.25) is 0 Å². The largest absolute Gasteiger partial charge is 0.348 e. The van der Waals surface area contributed by atoms with E-state index >= 15 is 0 Å². The summed E-state index contributed by atoms with van der Waals surface area (Å²) in [5.41, 5.74) is 1.33. The average Bonchev–Trinajstić information content (AvgIpc) is 3.12. The van der Waals surface area contributed by atoms with Crippen LogP contribution in [-0.4, -0.2) is 48.0 Å². The lowest BCUT2D eigenvalue weighted by Crippen LogP contribution is -2.46. The molecule has 0 saturated carbocycles. The molecule has 7 nitrogen and oxygen atoms in total. The number of carbonyl (C=O) groups is 1. The lowest BCUT2D eigenvalue weighted by atomic mass is 10.1. The van der Waals surface area contributed by atoms with E-state index in [1.807, 2.05) is 0 Å². The normalized spacial score (nSPS) is 16.5. The molecule has 3 rings (SSSR count). The van der Waals surface area contributed by atoms with Gasteiger partial charge in [0.2, 0.25) is 10.0 Å². The topological polar surface area (TPSA) is 95.2 Å². The van der Waals surface area contributed by atoms with Gasteiger partial charge in [0.05, 0.1) is 4.90 Å². The van der Waals surface area contributed by atoms with E-state index in [0.717, 1.165) is 18.5 Å². The Balaban J connectivity index is 1.56. The van der Waals surface area contributed by atoms with Crippen LogP contribution in [0, 0.1) is 0 Å². The Morgan fingerprint density at radius 2 is 1.96 bits per heavy atom. The molecule has 0 aliphatic carbocycles. The fourth-order valence-electron chi connectivity index (χ4n) is 3.12. The van der Waals surface area contributed by atoms with Crippen molar-refractivity contribution < 1.29 is 13.2 Å². The minimum Gasteiger partial charge on any atom is -0.348 e.